The maximum Gasteiger partial charge on any atom is 0.0565 e. The Hall–Kier alpha value is -0.540. The van der Waals surface area contributed by atoms with E-state index >= 15 is 0 Å². The number of hydrogen-bond acceptors (Lipinski definition) is 3. The van der Waals surface area contributed by atoms with E-state index in [1.807, 2.05) is 6.21 Å². The van der Waals surface area contributed by atoms with Crippen molar-refractivity contribution in [1.29, 1.82) is 0 Å². The summed E-state index contributed by atoms with van der Waals surface area (Å²) in [5, 5.41) is 0.513. The summed E-state index contributed by atoms with van der Waals surface area (Å²) < 4.78 is 4.17. The monoisotopic (exact) mass is 166 g/mol. The maximum absolute atomic E-state index is 5.59. The average molecular weight is 166 g/mol. The summed E-state index contributed by atoms with van der Waals surface area (Å²) in [5.74, 6) is 0.468. The van der Waals surface area contributed by atoms with Crippen LogP contribution < -0.4 is 5.73 Å². The van der Waals surface area contributed by atoms with Gasteiger partial charge in [0.15, 0.2) is 0 Å². The number of nitrogens with two attached hydrogens (primary N) is 1. The van der Waals surface area contributed by atoms with Crippen molar-refractivity contribution in [2.24, 2.45) is 16.0 Å². The molecule has 0 saturated heterocycles. The lowest BCUT2D eigenvalue weighted by molar-refractivity contribution is 0.824. The fourth-order valence-electron chi connectivity index (χ4n) is 1.39. The zero-order valence-corrected chi connectivity index (χ0v) is 6.92. The minimum Gasteiger partial charge on any atom is -0.327 e. The molecule has 0 saturated carbocycles. The van der Waals surface area contributed by atoms with Crippen LogP contribution in [0.25, 0.3) is 0 Å². The van der Waals surface area contributed by atoms with E-state index < -0.39 is 0 Å². The molecular weight excluding hydrogens is 156 g/mol. The lowest BCUT2D eigenvalue weighted by Gasteiger charge is -2.18. The zero-order chi connectivity index (χ0) is 7.68. The maximum atomic E-state index is 5.59. The molecule has 0 bridgehead atoms. The van der Waals surface area contributed by atoms with Gasteiger partial charge in [-0.25, -0.2) is 4.40 Å². The van der Waals surface area contributed by atoms with Crippen LogP contribution in [0.3, 0.4) is 0 Å². The predicted molar refractivity (Wildman–Crippen MR) is 49.6 cm³/mol. The third kappa shape index (κ3) is 1.14. The largest absolute Gasteiger partial charge is 0.327 e. The van der Waals surface area contributed by atoms with Crippen LogP contribution in [0.15, 0.2) is 28.2 Å². The van der Waals surface area contributed by atoms with Crippen molar-refractivity contribution >= 4 is 18.2 Å². The van der Waals surface area contributed by atoms with Crippen LogP contribution in [0.4, 0.5) is 0 Å². The molecule has 2 nitrogen and oxygen atoms in total. The first-order valence-electron chi connectivity index (χ1n) is 3.68. The van der Waals surface area contributed by atoms with Gasteiger partial charge in [0.25, 0.3) is 0 Å². The average Bonchev–Trinajstić information content (AvgIpc) is 2.50. The Bertz CT molecular complexity index is 242. The van der Waals surface area contributed by atoms with Gasteiger partial charge in [0.1, 0.15) is 0 Å². The quantitative estimate of drug-likeness (QED) is 0.594. The van der Waals surface area contributed by atoms with Crippen LogP contribution in [0.2, 0.25) is 0 Å². The van der Waals surface area contributed by atoms with E-state index in [0.29, 0.717) is 17.7 Å². The second-order valence-electron chi connectivity index (χ2n) is 2.68. The molecule has 2 aliphatic rings. The van der Waals surface area contributed by atoms with Crippen LogP contribution in [0, 0.1) is 5.92 Å². The molecule has 2 rings (SSSR count). The molecule has 0 aromatic heterocycles. The molecule has 2 atom stereocenters. The van der Waals surface area contributed by atoms with Gasteiger partial charge in [0, 0.05) is 18.7 Å². The van der Waals surface area contributed by atoms with Gasteiger partial charge in [-0.1, -0.05) is 18.2 Å². The Morgan fingerprint density at radius 3 is 3.36 bits per heavy atom. The molecular formula is C8H10N2S. The molecule has 0 amide bonds. The molecule has 1 aliphatic carbocycles. The summed E-state index contributed by atoms with van der Waals surface area (Å²) in [6.45, 7) is 0.651. The summed E-state index contributed by atoms with van der Waals surface area (Å²) in [6, 6.07) is 0. The summed E-state index contributed by atoms with van der Waals surface area (Å²) >= 11 is 1.63. The van der Waals surface area contributed by atoms with Crippen molar-refractivity contribution in [2.45, 2.75) is 5.25 Å². The number of rotatable bonds is 1. The number of nitrogens with zero attached hydrogens (tertiary/aromatic N) is 1. The molecule has 11 heavy (non-hydrogen) atoms. The third-order valence-corrected chi connectivity index (χ3v) is 2.97. The van der Waals surface area contributed by atoms with Gasteiger partial charge in [-0.3, -0.25) is 0 Å². The highest BCUT2D eigenvalue weighted by Gasteiger charge is 2.27. The summed E-state index contributed by atoms with van der Waals surface area (Å²) in [7, 11) is 0. The minimum atomic E-state index is 0.468. The second kappa shape index (κ2) is 2.83. The van der Waals surface area contributed by atoms with E-state index in [1.165, 1.54) is 5.57 Å². The molecule has 0 aromatic rings. The van der Waals surface area contributed by atoms with Gasteiger partial charge < -0.3 is 5.73 Å². The van der Waals surface area contributed by atoms with Crippen molar-refractivity contribution in [3.8, 4) is 0 Å². The zero-order valence-electron chi connectivity index (χ0n) is 6.10. The SMILES string of the molecule is NCC1=CC=CC2SN=CC12. The van der Waals surface area contributed by atoms with Gasteiger partial charge in [-0.15, -0.1) is 0 Å². The molecule has 58 valence electrons. The Balaban J connectivity index is 2.25. The fraction of sp³-hybridized carbons (Fsp3) is 0.375. The van der Waals surface area contributed by atoms with Gasteiger partial charge in [0.2, 0.25) is 0 Å². The summed E-state index contributed by atoms with van der Waals surface area (Å²) in [5.41, 5.74) is 6.88. The topological polar surface area (TPSA) is 38.4 Å². The normalized spacial score (nSPS) is 33.7. The van der Waals surface area contributed by atoms with Crippen LogP contribution in [-0.4, -0.2) is 18.0 Å². The van der Waals surface area contributed by atoms with E-state index in [1.54, 1.807) is 11.9 Å². The Labute approximate surface area is 70.4 Å². The van der Waals surface area contributed by atoms with E-state index in [0.717, 1.165) is 0 Å². The molecule has 0 aromatic carbocycles. The van der Waals surface area contributed by atoms with Gasteiger partial charge in [-0.2, -0.15) is 0 Å². The van der Waals surface area contributed by atoms with Crippen molar-refractivity contribution in [3.05, 3.63) is 23.8 Å². The highest BCUT2D eigenvalue weighted by Crippen LogP contribution is 2.34. The van der Waals surface area contributed by atoms with Crippen LogP contribution in [-0.2, 0) is 0 Å². The lowest BCUT2D eigenvalue weighted by atomic mass is 9.92. The van der Waals surface area contributed by atoms with Crippen LogP contribution in [0.1, 0.15) is 0 Å². The van der Waals surface area contributed by atoms with E-state index in [9.17, 15) is 0 Å². The third-order valence-electron chi connectivity index (χ3n) is 2.03. The minimum absolute atomic E-state index is 0.468. The van der Waals surface area contributed by atoms with Gasteiger partial charge in [-0.05, 0) is 17.5 Å². The fourth-order valence-corrected chi connectivity index (χ4v) is 2.27. The van der Waals surface area contributed by atoms with Crippen molar-refractivity contribution in [1.82, 2.24) is 0 Å². The molecule has 3 heteroatoms. The first kappa shape index (κ1) is 7.13. The molecule has 0 radical (unpaired) electrons. The van der Waals surface area contributed by atoms with Gasteiger partial charge >= 0.3 is 0 Å². The Morgan fingerprint density at radius 2 is 2.55 bits per heavy atom. The van der Waals surface area contributed by atoms with Crippen LogP contribution in [0.5, 0.6) is 0 Å². The molecule has 1 aliphatic heterocycles. The number of fused-ring (bicyclic) bond motifs is 1. The summed E-state index contributed by atoms with van der Waals surface area (Å²) in [6.07, 6.45) is 8.35. The second-order valence-corrected chi connectivity index (χ2v) is 3.65. The number of hydrogen-bond donors (Lipinski definition) is 1. The van der Waals surface area contributed by atoms with Crippen LogP contribution >= 0.6 is 11.9 Å². The van der Waals surface area contributed by atoms with Gasteiger partial charge in [0.05, 0.1) is 5.25 Å². The molecule has 2 N–H and O–H groups in total. The first-order chi connectivity index (χ1) is 5.42. The van der Waals surface area contributed by atoms with Crippen molar-refractivity contribution in [2.75, 3.05) is 6.54 Å². The van der Waals surface area contributed by atoms with E-state index in [2.05, 4.69) is 22.6 Å². The highest BCUT2D eigenvalue weighted by molar-refractivity contribution is 7.99. The van der Waals surface area contributed by atoms with Crippen molar-refractivity contribution in [3.63, 3.8) is 0 Å². The molecule has 0 fully saturated rings. The standard InChI is InChI=1S/C8H10N2S/c9-4-6-2-1-3-8-7(6)5-10-11-8/h1-3,5,7-8H,4,9H2. The highest BCUT2D eigenvalue weighted by atomic mass is 32.2. The molecule has 2 unspecified atom stereocenters. The molecule has 1 heterocycles. The smallest absolute Gasteiger partial charge is 0.0565 e. The van der Waals surface area contributed by atoms with E-state index in [-0.39, 0.29) is 0 Å². The summed E-state index contributed by atoms with van der Waals surface area (Å²) in [4.78, 5) is 0. The molecule has 0 spiro atoms. The lowest BCUT2D eigenvalue weighted by Crippen LogP contribution is -2.22. The Kier molecular flexibility index (Phi) is 1.84. The predicted octanol–water partition coefficient (Wildman–Crippen LogP) is 1.16. The van der Waals surface area contributed by atoms with E-state index in [4.69, 9.17) is 5.73 Å². The number of allylic oxidation sites excluding steroid dienone is 2. The first-order valence-corrected chi connectivity index (χ1v) is 4.52. The van der Waals surface area contributed by atoms with Crippen molar-refractivity contribution < 1.29 is 0 Å². The Morgan fingerprint density at radius 1 is 1.64 bits per heavy atom.